The van der Waals surface area contributed by atoms with Crippen LogP contribution in [0.1, 0.15) is 11.1 Å². The average Bonchev–Trinajstić information content (AvgIpc) is 2.47. The second-order valence-corrected chi connectivity index (χ2v) is 4.86. The Labute approximate surface area is 119 Å². The van der Waals surface area contributed by atoms with Crippen molar-refractivity contribution in [1.82, 2.24) is 0 Å². The summed E-state index contributed by atoms with van der Waals surface area (Å²) in [6, 6.07) is 12.4. The van der Waals surface area contributed by atoms with Crippen LogP contribution >= 0.6 is 0 Å². The van der Waals surface area contributed by atoms with Gasteiger partial charge in [-0.25, -0.2) is 4.57 Å². The molecule has 0 aliphatic heterocycles. The third-order valence-electron chi connectivity index (χ3n) is 3.10. The van der Waals surface area contributed by atoms with Gasteiger partial charge in [0.05, 0.1) is 0 Å². The number of pyridine rings is 1. The number of anilines is 1. The van der Waals surface area contributed by atoms with Gasteiger partial charge in [0.25, 0.3) is 0 Å². The highest BCUT2D eigenvalue weighted by Gasteiger charge is 2.03. The van der Waals surface area contributed by atoms with Gasteiger partial charge in [-0.15, -0.1) is 0 Å². The predicted octanol–water partition coefficient (Wildman–Crippen LogP) is 2.30. The lowest BCUT2D eigenvalue weighted by Gasteiger charge is -2.10. The molecule has 0 fully saturated rings. The summed E-state index contributed by atoms with van der Waals surface area (Å²) in [5.74, 6) is 0. The fraction of sp³-hybridized carbons (Fsp3) is 0.176. The fourth-order valence-corrected chi connectivity index (χ4v) is 1.95. The van der Waals surface area contributed by atoms with Crippen molar-refractivity contribution in [2.24, 2.45) is 0 Å². The first-order valence-corrected chi connectivity index (χ1v) is 6.56. The molecule has 0 radical (unpaired) electrons. The maximum atomic E-state index is 10.3. The van der Waals surface area contributed by atoms with Crippen molar-refractivity contribution in [3.05, 3.63) is 66.0 Å². The van der Waals surface area contributed by atoms with E-state index in [1.807, 2.05) is 26.2 Å². The van der Waals surface area contributed by atoms with Crippen LogP contribution in [-0.2, 0) is 11.3 Å². The van der Waals surface area contributed by atoms with Crippen LogP contribution < -0.4 is 9.47 Å². The number of nitrogens with zero attached hydrogens (tertiary/aromatic N) is 2. The first-order valence-electron chi connectivity index (χ1n) is 6.56. The van der Waals surface area contributed by atoms with Gasteiger partial charge in [0.1, 0.15) is 6.29 Å². The van der Waals surface area contributed by atoms with E-state index in [4.69, 9.17) is 0 Å². The standard InChI is InChI=1S/C17H19N2O/c1-18(2)17-9-11-19(12-10-17)14-16-7-5-15(6-8-16)4-3-13-20/h3-13H,14H2,1-2H3/q+1/b4-3+. The molecule has 0 N–H and O–H groups in total. The van der Waals surface area contributed by atoms with Crippen LogP contribution in [0.25, 0.3) is 6.08 Å². The van der Waals surface area contributed by atoms with E-state index < -0.39 is 0 Å². The molecule has 0 saturated carbocycles. The zero-order valence-electron chi connectivity index (χ0n) is 11.9. The number of hydrogen-bond donors (Lipinski definition) is 0. The molecular weight excluding hydrogens is 248 g/mol. The number of carbonyl (C=O) groups is 1. The monoisotopic (exact) mass is 267 g/mol. The van der Waals surface area contributed by atoms with Crippen molar-refractivity contribution in [1.29, 1.82) is 0 Å². The Kier molecular flexibility index (Phi) is 4.66. The maximum absolute atomic E-state index is 10.3. The number of aldehydes is 1. The summed E-state index contributed by atoms with van der Waals surface area (Å²) >= 11 is 0. The van der Waals surface area contributed by atoms with E-state index in [9.17, 15) is 4.79 Å². The molecule has 0 unspecified atom stereocenters. The van der Waals surface area contributed by atoms with Gasteiger partial charge in [-0.1, -0.05) is 30.3 Å². The summed E-state index contributed by atoms with van der Waals surface area (Å²) in [5, 5.41) is 0. The molecule has 102 valence electrons. The molecule has 3 heteroatoms. The molecule has 1 aromatic heterocycles. The summed E-state index contributed by atoms with van der Waals surface area (Å²) in [4.78, 5) is 12.3. The lowest BCUT2D eigenvalue weighted by atomic mass is 10.1. The Balaban J connectivity index is 2.06. The summed E-state index contributed by atoms with van der Waals surface area (Å²) in [6.07, 6.45) is 8.25. The quantitative estimate of drug-likeness (QED) is 0.471. The molecular formula is C17H19N2O+. The maximum Gasteiger partial charge on any atom is 0.173 e. The van der Waals surface area contributed by atoms with E-state index in [0.717, 1.165) is 18.4 Å². The van der Waals surface area contributed by atoms with Crippen molar-refractivity contribution in [3.8, 4) is 0 Å². The van der Waals surface area contributed by atoms with E-state index in [2.05, 4.69) is 46.1 Å². The molecule has 0 atom stereocenters. The normalized spacial score (nSPS) is 10.7. The number of aromatic nitrogens is 1. The second-order valence-electron chi connectivity index (χ2n) is 4.86. The minimum absolute atomic E-state index is 0.788. The van der Waals surface area contributed by atoms with E-state index >= 15 is 0 Å². The Morgan fingerprint density at radius 2 is 1.70 bits per heavy atom. The Bertz CT molecular complexity index is 583. The summed E-state index contributed by atoms with van der Waals surface area (Å²) < 4.78 is 2.14. The molecule has 0 bridgehead atoms. The number of rotatable bonds is 5. The highest BCUT2D eigenvalue weighted by Crippen LogP contribution is 2.08. The molecule has 20 heavy (non-hydrogen) atoms. The van der Waals surface area contributed by atoms with Gasteiger partial charge in [-0.05, 0) is 11.6 Å². The second kappa shape index (κ2) is 6.66. The fourth-order valence-electron chi connectivity index (χ4n) is 1.95. The molecule has 0 aliphatic rings. The van der Waals surface area contributed by atoms with Crippen molar-refractivity contribution < 1.29 is 9.36 Å². The van der Waals surface area contributed by atoms with E-state index in [1.165, 1.54) is 17.3 Å². The van der Waals surface area contributed by atoms with Gasteiger partial charge in [0.2, 0.25) is 0 Å². The van der Waals surface area contributed by atoms with E-state index in [-0.39, 0.29) is 0 Å². The van der Waals surface area contributed by atoms with Gasteiger partial charge in [-0.2, -0.15) is 0 Å². The Morgan fingerprint density at radius 1 is 1.05 bits per heavy atom. The van der Waals surface area contributed by atoms with Crippen LogP contribution in [0.15, 0.2) is 54.9 Å². The van der Waals surface area contributed by atoms with Gasteiger partial charge in [0.15, 0.2) is 18.9 Å². The number of allylic oxidation sites excluding steroid dienone is 1. The van der Waals surface area contributed by atoms with Crippen LogP contribution in [0.3, 0.4) is 0 Å². The van der Waals surface area contributed by atoms with E-state index in [1.54, 1.807) is 6.08 Å². The molecule has 1 aromatic carbocycles. The SMILES string of the molecule is CN(C)c1cc[n+](Cc2ccc(/C=C/C=O)cc2)cc1. The van der Waals surface area contributed by atoms with Crippen LogP contribution in [0.5, 0.6) is 0 Å². The van der Waals surface area contributed by atoms with Crippen molar-refractivity contribution >= 4 is 18.0 Å². The molecule has 1 heterocycles. The predicted molar refractivity (Wildman–Crippen MR) is 81.6 cm³/mol. The highest BCUT2D eigenvalue weighted by atomic mass is 16.1. The van der Waals surface area contributed by atoms with Crippen LogP contribution in [-0.4, -0.2) is 20.4 Å². The third-order valence-corrected chi connectivity index (χ3v) is 3.10. The van der Waals surface area contributed by atoms with Gasteiger partial charge in [-0.3, -0.25) is 4.79 Å². The third kappa shape index (κ3) is 3.79. The minimum Gasteiger partial charge on any atom is -0.377 e. The molecule has 2 rings (SSSR count). The Morgan fingerprint density at radius 3 is 2.25 bits per heavy atom. The van der Waals surface area contributed by atoms with Gasteiger partial charge < -0.3 is 4.90 Å². The van der Waals surface area contributed by atoms with Crippen LogP contribution in [0.4, 0.5) is 5.69 Å². The number of carbonyl (C=O) groups excluding carboxylic acids is 1. The first kappa shape index (κ1) is 14.0. The average molecular weight is 267 g/mol. The molecule has 0 spiro atoms. The van der Waals surface area contributed by atoms with Crippen molar-refractivity contribution in [3.63, 3.8) is 0 Å². The van der Waals surface area contributed by atoms with Gasteiger partial charge in [0, 0.05) is 37.5 Å². The largest absolute Gasteiger partial charge is 0.377 e. The van der Waals surface area contributed by atoms with Crippen LogP contribution in [0.2, 0.25) is 0 Å². The first-order chi connectivity index (χ1) is 9.69. The van der Waals surface area contributed by atoms with Crippen molar-refractivity contribution in [2.75, 3.05) is 19.0 Å². The van der Waals surface area contributed by atoms with Gasteiger partial charge >= 0.3 is 0 Å². The lowest BCUT2D eigenvalue weighted by molar-refractivity contribution is -0.688. The number of hydrogen-bond acceptors (Lipinski definition) is 2. The zero-order valence-corrected chi connectivity index (χ0v) is 11.9. The number of benzene rings is 1. The van der Waals surface area contributed by atoms with Crippen LogP contribution in [0, 0.1) is 0 Å². The highest BCUT2D eigenvalue weighted by molar-refractivity contribution is 5.73. The summed E-state index contributed by atoms with van der Waals surface area (Å²) in [5.41, 5.74) is 3.46. The zero-order chi connectivity index (χ0) is 14.4. The molecule has 3 nitrogen and oxygen atoms in total. The molecule has 0 aliphatic carbocycles. The summed E-state index contributed by atoms with van der Waals surface area (Å²) in [7, 11) is 4.07. The molecule has 2 aromatic rings. The van der Waals surface area contributed by atoms with E-state index in [0.29, 0.717) is 0 Å². The summed E-state index contributed by atoms with van der Waals surface area (Å²) in [6.45, 7) is 0.839. The topological polar surface area (TPSA) is 24.2 Å². The smallest absolute Gasteiger partial charge is 0.173 e. The minimum atomic E-state index is 0.788. The molecule has 0 amide bonds. The molecule has 0 saturated heterocycles. The Hall–Kier alpha value is -2.42. The lowest BCUT2D eigenvalue weighted by Crippen LogP contribution is -2.33. The van der Waals surface area contributed by atoms with Crippen molar-refractivity contribution in [2.45, 2.75) is 6.54 Å².